The van der Waals surface area contributed by atoms with Crippen LogP contribution in [-0.2, 0) is 9.09 Å². The zero-order chi connectivity index (χ0) is 10.9. The summed E-state index contributed by atoms with van der Waals surface area (Å²) in [5.74, 6) is 0. The lowest BCUT2D eigenvalue weighted by atomic mass is 11.4. The zero-order valence-corrected chi connectivity index (χ0v) is 11.6. The Balaban J connectivity index is 0. The number of hydrogen-bond acceptors (Lipinski definition) is 5. The van der Waals surface area contributed by atoms with E-state index in [1.54, 1.807) is 36.9 Å². The van der Waals surface area contributed by atoms with Crippen molar-refractivity contribution in [2.24, 2.45) is 4.99 Å². The Hall–Kier alpha value is 0.560. The fourth-order valence-corrected chi connectivity index (χ4v) is 1.30. The number of hydrogen-bond donors (Lipinski definition) is 0. The Labute approximate surface area is 89.6 Å². The molecular weight excluding hydrogens is 225 g/mol. The van der Waals surface area contributed by atoms with Crippen LogP contribution in [0.3, 0.4) is 0 Å². The molecule has 0 fully saturated rings. The summed E-state index contributed by atoms with van der Waals surface area (Å²) in [4.78, 5) is 3.97. The largest absolute Gasteiger partial charge is 0.332 e. The van der Waals surface area contributed by atoms with E-state index in [0.717, 1.165) is 4.38 Å². The third-order valence-electron chi connectivity index (χ3n) is 0.971. The first-order valence-corrected chi connectivity index (χ1v) is 8.53. The van der Waals surface area contributed by atoms with Crippen LogP contribution in [0.5, 0.6) is 0 Å². The third kappa shape index (κ3) is 15.3. The van der Waals surface area contributed by atoms with Crippen LogP contribution in [0.2, 0.25) is 0 Å². The van der Waals surface area contributed by atoms with Crippen molar-refractivity contribution >= 4 is 35.3 Å². The van der Waals surface area contributed by atoms with E-state index in [9.17, 15) is 4.57 Å². The van der Waals surface area contributed by atoms with Gasteiger partial charge in [-0.3, -0.25) is 9.56 Å². The number of nitrogens with zero attached hydrogens (tertiary/aromatic N) is 1. The van der Waals surface area contributed by atoms with Gasteiger partial charge in [-0.25, -0.2) is 0 Å². The molecule has 0 aliphatic carbocycles. The van der Waals surface area contributed by atoms with Crippen LogP contribution in [0.25, 0.3) is 0 Å². The van der Waals surface area contributed by atoms with Gasteiger partial charge in [0.2, 0.25) is 0 Å². The second-order valence-electron chi connectivity index (χ2n) is 2.33. The average Bonchev–Trinajstić information content (AvgIpc) is 2.07. The molecule has 0 rings (SSSR count). The monoisotopic (exact) mass is 243 g/mol. The predicted octanol–water partition coefficient (Wildman–Crippen LogP) is 2.87. The molecule has 0 aromatic carbocycles. The van der Waals surface area contributed by atoms with Crippen molar-refractivity contribution in [3.63, 3.8) is 0 Å². The van der Waals surface area contributed by atoms with Crippen molar-refractivity contribution in [3.05, 3.63) is 0 Å². The predicted molar refractivity (Wildman–Crippen MR) is 66.9 cm³/mol. The van der Waals surface area contributed by atoms with Gasteiger partial charge in [0.15, 0.2) is 7.37 Å². The van der Waals surface area contributed by atoms with Gasteiger partial charge in [0.05, 0.1) is 0 Å². The summed E-state index contributed by atoms with van der Waals surface area (Å²) < 4.78 is 16.0. The lowest BCUT2D eigenvalue weighted by molar-refractivity contribution is 0.404. The van der Waals surface area contributed by atoms with Crippen molar-refractivity contribution in [1.29, 1.82) is 0 Å². The molecule has 0 heterocycles. The summed E-state index contributed by atoms with van der Waals surface area (Å²) in [5.41, 5.74) is 0. The molecule has 0 bridgehead atoms. The van der Waals surface area contributed by atoms with Crippen molar-refractivity contribution in [3.8, 4) is 0 Å². The number of aliphatic imine (C=N–C) groups is 1. The van der Waals surface area contributed by atoms with E-state index in [1.807, 2.05) is 19.6 Å². The Morgan fingerprint density at radius 2 is 1.62 bits per heavy atom. The molecule has 3 nitrogen and oxygen atoms in total. The molecule has 0 atom stereocenters. The maximum Gasteiger partial charge on any atom is 0.196 e. The highest BCUT2D eigenvalue weighted by molar-refractivity contribution is 8.38. The highest BCUT2D eigenvalue weighted by atomic mass is 32.2. The molecule has 0 saturated heterocycles. The first-order valence-electron chi connectivity index (χ1n) is 3.56. The number of thioether (sulfide) groups is 2. The van der Waals surface area contributed by atoms with Gasteiger partial charge in [-0.2, -0.15) is 0 Å². The van der Waals surface area contributed by atoms with Crippen molar-refractivity contribution in [1.82, 2.24) is 0 Å². The van der Waals surface area contributed by atoms with E-state index in [2.05, 4.69) is 9.52 Å². The van der Waals surface area contributed by atoms with Crippen molar-refractivity contribution < 1.29 is 9.09 Å². The van der Waals surface area contributed by atoms with Gasteiger partial charge in [-0.15, -0.1) is 23.5 Å². The van der Waals surface area contributed by atoms with E-state index in [4.69, 9.17) is 0 Å². The van der Waals surface area contributed by atoms with Gasteiger partial charge in [0, 0.05) is 27.5 Å². The maximum absolute atomic E-state index is 10.4. The van der Waals surface area contributed by atoms with Crippen molar-refractivity contribution in [2.45, 2.75) is 0 Å². The van der Waals surface area contributed by atoms with Gasteiger partial charge in [-0.05, 0) is 12.5 Å². The normalized spacial score (nSPS) is 10.0. The zero-order valence-electron chi connectivity index (χ0n) is 9.03. The van der Waals surface area contributed by atoms with Gasteiger partial charge in [0.25, 0.3) is 0 Å². The summed E-state index contributed by atoms with van der Waals surface area (Å²) >= 11 is 3.37. The molecular formula is C7H18NO2PS2. The quantitative estimate of drug-likeness (QED) is 0.403. The second-order valence-corrected chi connectivity index (χ2v) is 7.05. The standard InChI is InChI=1S/C4H9NS2.C3H9O2P/c1-5-4(6-2)7-3;1-5-6(2,3)4/h1-3H3;1-3H3. The Morgan fingerprint density at radius 3 is 1.62 bits per heavy atom. The Morgan fingerprint density at radius 1 is 1.31 bits per heavy atom. The summed E-state index contributed by atoms with van der Waals surface area (Å²) in [5, 5.41) is 0. The van der Waals surface area contributed by atoms with Gasteiger partial charge < -0.3 is 4.52 Å². The van der Waals surface area contributed by atoms with Crippen LogP contribution < -0.4 is 0 Å². The van der Waals surface area contributed by atoms with E-state index in [1.165, 1.54) is 7.11 Å². The summed E-state index contributed by atoms with van der Waals surface area (Å²) in [6.07, 6.45) is 4.05. The highest BCUT2D eigenvalue weighted by Gasteiger charge is 1.99. The Kier molecular flexibility index (Phi) is 11.2. The molecule has 0 spiro atoms. The summed E-state index contributed by atoms with van der Waals surface area (Å²) in [6, 6.07) is 0. The van der Waals surface area contributed by atoms with Crippen LogP contribution in [-0.4, -0.2) is 44.4 Å². The van der Waals surface area contributed by atoms with E-state index in [-0.39, 0.29) is 0 Å². The minimum atomic E-state index is -2.15. The average molecular weight is 243 g/mol. The van der Waals surface area contributed by atoms with Crippen LogP contribution in [0, 0.1) is 0 Å². The van der Waals surface area contributed by atoms with Gasteiger partial charge in [0.1, 0.15) is 4.38 Å². The minimum absolute atomic E-state index is 1.14. The van der Waals surface area contributed by atoms with Gasteiger partial charge >= 0.3 is 0 Å². The van der Waals surface area contributed by atoms with E-state index in [0.29, 0.717) is 0 Å². The molecule has 0 aliphatic rings. The SMILES string of the molecule is CN=C(SC)SC.COP(C)(C)=O. The molecule has 80 valence electrons. The summed E-state index contributed by atoms with van der Waals surface area (Å²) in [6.45, 7) is 3.15. The molecule has 0 N–H and O–H groups in total. The van der Waals surface area contributed by atoms with E-state index < -0.39 is 7.37 Å². The summed E-state index contributed by atoms with van der Waals surface area (Å²) in [7, 11) is 1.11. The Bertz CT molecular complexity index is 185. The molecule has 6 heteroatoms. The van der Waals surface area contributed by atoms with Crippen LogP contribution >= 0.6 is 30.9 Å². The maximum atomic E-state index is 10.4. The van der Waals surface area contributed by atoms with E-state index >= 15 is 0 Å². The van der Waals surface area contributed by atoms with Gasteiger partial charge in [-0.1, -0.05) is 0 Å². The first-order chi connectivity index (χ1) is 5.91. The van der Waals surface area contributed by atoms with Crippen LogP contribution in [0.1, 0.15) is 0 Å². The lowest BCUT2D eigenvalue weighted by Gasteiger charge is -1.98. The molecule has 13 heavy (non-hydrogen) atoms. The molecule has 0 amide bonds. The molecule has 0 saturated carbocycles. The lowest BCUT2D eigenvalue weighted by Crippen LogP contribution is -1.77. The van der Waals surface area contributed by atoms with Crippen LogP contribution in [0.15, 0.2) is 4.99 Å². The van der Waals surface area contributed by atoms with Crippen LogP contribution in [0.4, 0.5) is 0 Å². The highest BCUT2D eigenvalue weighted by Crippen LogP contribution is 2.35. The number of rotatable bonds is 1. The minimum Gasteiger partial charge on any atom is -0.332 e. The topological polar surface area (TPSA) is 38.7 Å². The smallest absolute Gasteiger partial charge is 0.196 e. The molecule has 0 radical (unpaired) electrons. The first kappa shape index (κ1) is 16.0. The third-order valence-corrected chi connectivity index (χ3v) is 3.91. The molecule has 0 aromatic rings. The molecule has 0 unspecified atom stereocenters. The fraction of sp³-hybridized carbons (Fsp3) is 0.857. The molecule has 0 aromatic heterocycles. The second kappa shape index (κ2) is 9.13. The molecule has 0 aliphatic heterocycles. The fourth-order valence-electron chi connectivity index (χ4n) is 0.266. The van der Waals surface area contributed by atoms with Crippen molar-refractivity contribution in [2.75, 3.05) is 40.0 Å².